The van der Waals surface area contributed by atoms with Crippen LogP contribution in [0, 0.1) is 11.8 Å². The maximum absolute atomic E-state index is 3.77. The van der Waals surface area contributed by atoms with E-state index in [-0.39, 0.29) is 10.8 Å². The number of rotatable bonds is 13. The molecule has 0 atom stereocenters. The average Bonchev–Trinajstić information content (AvgIpc) is 3.26. The van der Waals surface area contributed by atoms with Crippen molar-refractivity contribution in [1.82, 2.24) is 0 Å². The number of fused-ring (bicyclic) bond motifs is 4. The molecule has 0 saturated heterocycles. The highest BCUT2D eigenvalue weighted by atomic mass is 15.2. The first-order chi connectivity index (χ1) is 22.5. The van der Waals surface area contributed by atoms with E-state index < -0.39 is 0 Å². The van der Waals surface area contributed by atoms with Crippen LogP contribution in [0.3, 0.4) is 0 Å². The van der Waals surface area contributed by atoms with Gasteiger partial charge >= 0.3 is 0 Å². The lowest BCUT2D eigenvalue weighted by molar-refractivity contribution is 0.539. The molecule has 4 aromatic carbocycles. The lowest BCUT2D eigenvalue weighted by Crippen LogP contribution is -2.27. The maximum Gasteiger partial charge on any atom is 0.0457 e. The van der Waals surface area contributed by atoms with Crippen LogP contribution < -0.4 is 10.2 Å². The first-order valence-electron chi connectivity index (χ1n) is 17.8. The van der Waals surface area contributed by atoms with Crippen molar-refractivity contribution in [2.75, 3.05) is 23.3 Å². The van der Waals surface area contributed by atoms with Crippen LogP contribution in [0.1, 0.15) is 85.8 Å². The van der Waals surface area contributed by atoms with Gasteiger partial charge in [0, 0.05) is 35.6 Å². The summed E-state index contributed by atoms with van der Waals surface area (Å²) in [6.07, 6.45) is 18.8. The molecular formula is C45H56N2. The normalized spacial score (nSPS) is 16.0. The molecule has 0 aromatic heterocycles. The van der Waals surface area contributed by atoms with E-state index in [9.17, 15) is 0 Å². The fourth-order valence-electron chi connectivity index (χ4n) is 7.19. The summed E-state index contributed by atoms with van der Waals surface area (Å²) in [6, 6.07) is 26.8. The van der Waals surface area contributed by atoms with Gasteiger partial charge < -0.3 is 10.2 Å². The van der Waals surface area contributed by atoms with Crippen LogP contribution in [-0.4, -0.2) is 13.1 Å². The van der Waals surface area contributed by atoms with Gasteiger partial charge in [-0.25, -0.2) is 0 Å². The Labute approximate surface area is 285 Å². The molecular weight excluding hydrogens is 569 g/mol. The third-order valence-electron chi connectivity index (χ3n) is 9.79. The predicted octanol–water partition coefficient (Wildman–Crippen LogP) is 12.5. The lowest BCUT2D eigenvalue weighted by atomic mass is 9.78. The Morgan fingerprint density at radius 3 is 2.06 bits per heavy atom. The summed E-state index contributed by atoms with van der Waals surface area (Å²) < 4.78 is 0. The topological polar surface area (TPSA) is 15.3 Å². The minimum Gasteiger partial charge on any atom is -0.385 e. The minimum absolute atomic E-state index is 0.0156. The molecule has 0 spiro atoms. The van der Waals surface area contributed by atoms with Crippen LogP contribution in [0.15, 0.2) is 121 Å². The summed E-state index contributed by atoms with van der Waals surface area (Å²) in [4.78, 5) is 2.57. The number of benzene rings is 4. The molecule has 0 radical (unpaired) electrons. The standard InChI is InChI=1S/C45H56N2/c1-33(2)28-31-46-39-26-24-35-19-14-16-21-37(35)42(39)44(5,6)30-18-12-10-9-11-13-23-41-45(7,8)43-38-22-17-15-20-36(38)25-27-40(43)47(41)32-29-34(3)4/h9-27,33-34,46H,28-32H2,1-8H3/b10-9+,13-11+,18-12+,41-23+. The highest BCUT2D eigenvalue weighted by molar-refractivity contribution is 5.95. The molecule has 0 amide bonds. The smallest absolute Gasteiger partial charge is 0.0457 e. The zero-order valence-electron chi connectivity index (χ0n) is 30.1. The van der Waals surface area contributed by atoms with Gasteiger partial charge in [0.15, 0.2) is 0 Å². The molecule has 1 aliphatic heterocycles. The first-order valence-corrected chi connectivity index (χ1v) is 17.8. The van der Waals surface area contributed by atoms with E-state index in [1.54, 1.807) is 0 Å². The van der Waals surface area contributed by atoms with E-state index >= 15 is 0 Å². The van der Waals surface area contributed by atoms with Crippen LogP contribution in [0.25, 0.3) is 21.5 Å². The van der Waals surface area contributed by atoms with Gasteiger partial charge in [-0.05, 0) is 87.4 Å². The van der Waals surface area contributed by atoms with Gasteiger partial charge in [0.1, 0.15) is 0 Å². The largest absolute Gasteiger partial charge is 0.385 e. The molecule has 1 heterocycles. The number of hydrogen-bond acceptors (Lipinski definition) is 2. The number of nitrogens with zero attached hydrogens (tertiary/aromatic N) is 1. The number of nitrogens with one attached hydrogen (secondary N) is 1. The molecule has 0 bridgehead atoms. The Hall–Kier alpha value is -4.04. The molecule has 0 saturated carbocycles. The Balaban J connectivity index is 1.31. The Morgan fingerprint density at radius 1 is 0.723 bits per heavy atom. The summed E-state index contributed by atoms with van der Waals surface area (Å²) >= 11 is 0. The van der Waals surface area contributed by atoms with Crippen molar-refractivity contribution in [1.29, 1.82) is 0 Å². The average molecular weight is 625 g/mol. The van der Waals surface area contributed by atoms with E-state index in [4.69, 9.17) is 0 Å². The summed E-state index contributed by atoms with van der Waals surface area (Å²) in [5.41, 5.74) is 6.77. The molecule has 5 rings (SSSR count). The van der Waals surface area contributed by atoms with Crippen LogP contribution in [0.4, 0.5) is 11.4 Å². The maximum atomic E-state index is 3.77. The zero-order valence-corrected chi connectivity index (χ0v) is 30.1. The highest BCUT2D eigenvalue weighted by Crippen LogP contribution is 2.51. The van der Waals surface area contributed by atoms with E-state index in [2.05, 4.69) is 181 Å². The molecule has 1 aliphatic rings. The van der Waals surface area contributed by atoms with Gasteiger partial charge in [-0.15, -0.1) is 0 Å². The molecule has 0 fully saturated rings. The number of hydrogen-bond donors (Lipinski definition) is 1. The number of allylic oxidation sites excluding steroid dienone is 8. The third kappa shape index (κ3) is 7.75. The zero-order chi connectivity index (χ0) is 33.6. The second-order valence-corrected chi connectivity index (χ2v) is 15.3. The fourth-order valence-corrected chi connectivity index (χ4v) is 7.19. The van der Waals surface area contributed by atoms with Crippen molar-refractivity contribution >= 4 is 32.9 Å². The molecule has 2 heteroatoms. The Morgan fingerprint density at radius 2 is 1.34 bits per heavy atom. The molecule has 2 nitrogen and oxygen atoms in total. The van der Waals surface area contributed by atoms with Crippen LogP contribution in [0.2, 0.25) is 0 Å². The van der Waals surface area contributed by atoms with Gasteiger partial charge in [-0.2, -0.15) is 0 Å². The van der Waals surface area contributed by atoms with Crippen molar-refractivity contribution in [2.45, 2.75) is 85.5 Å². The van der Waals surface area contributed by atoms with Crippen molar-refractivity contribution in [3.8, 4) is 0 Å². The molecule has 0 unspecified atom stereocenters. The van der Waals surface area contributed by atoms with E-state index in [0.29, 0.717) is 11.8 Å². The van der Waals surface area contributed by atoms with E-state index in [1.165, 1.54) is 62.6 Å². The quantitative estimate of drug-likeness (QED) is 0.149. The van der Waals surface area contributed by atoms with Gasteiger partial charge in [-0.1, -0.05) is 153 Å². The van der Waals surface area contributed by atoms with Gasteiger partial charge in [-0.3, -0.25) is 0 Å². The third-order valence-corrected chi connectivity index (χ3v) is 9.79. The first kappa shape index (κ1) is 34.3. The van der Waals surface area contributed by atoms with Crippen molar-refractivity contribution in [3.63, 3.8) is 0 Å². The molecule has 1 N–H and O–H groups in total. The molecule has 4 aromatic rings. The summed E-state index contributed by atoms with van der Waals surface area (Å²) in [7, 11) is 0. The lowest BCUT2D eigenvalue weighted by Gasteiger charge is -2.29. The molecule has 47 heavy (non-hydrogen) atoms. The second-order valence-electron chi connectivity index (χ2n) is 15.3. The van der Waals surface area contributed by atoms with Crippen molar-refractivity contribution in [3.05, 3.63) is 132 Å². The predicted molar refractivity (Wildman–Crippen MR) is 209 cm³/mol. The van der Waals surface area contributed by atoms with E-state index in [1.807, 2.05) is 0 Å². The number of anilines is 2. The Bertz CT molecular complexity index is 1790. The minimum atomic E-state index is -0.0726. The fraction of sp³-hybridized carbons (Fsp3) is 0.378. The van der Waals surface area contributed by atoms with Crippen LogP contribution in [0.5, 0.6) is 0 Å². The monoisotopic (exact) mass is 624 g/mol. The molecule has 246 valence electrons. The summed E-state index contributed by atoms with van der Waals surface area (Å²) in [5, 5.41) is 9.11. The van der Waals surface area contributed by atoms with Gasteiger partial charge in [0.2, 0.25) is 0 Å². The second kappa shape index (κ2) is 14.8. The van der Waals surface area contributed by atoms with Crippen LogP contribution >= 0.6 is 0 Å². The van der Waals surface area contributed by atoms with Gasteiger partial charge in [0.25, 0.3) is 0 Å². The van der Waals surface area contributed by atoms with Gasteiger partial charge in [0.05, 0.1) is 0 Å². The summed E-state index contributed by atoms with van der Waals surface area (Å²) in [5.74, 6) is 1.34. The van der Waals surface area contributed by atoms with Crippen LogP contribution in [-0.2, 0) is 10.8 Å². The van der Waals surface area contributed by atoms with Crippen molar-refractivity contribution in [2.24, 2.45) is 11.8 Å². The highest BCUT2D eigenvalue weighted by Gasteiger charge is 2.40. The van der Waals surface area contributed by atoms with E-state index in [0.717, 1.165) is 19.5 Å². The SMILES string of the molecule is CC(C)CCNc1ccc2ccccc2c1C(C)(C)C/C=C/C=C/C=C/C=C1/N(CCC(C)C)c2ccc3ccccc3c2C1(C)C. The molecule has 0 aliphatic carbocycles. The van der Waals surface area contributed by atoms with Crippen molar-refractivity contribution < 1.29 is 0 Å². The Kier molecular flexibility index (Phi) is 10.8. The summed E-state index contributed by atoms with van der Waals surface area (Å²) in [6.45, 7) is 20.8.